The number of nitrogens with one attached hydrogen (secondary N) is 1. The predicted octanol–water partition coefficient (Wildman–Crippen LogP) is 3.96. The number of hydrogen-bond acceptors (Lipinski definition) is 4. The van der Waals surface area contributed by atoms with E-state index in [4.69, 9.17) is 0 Å². The molecule has 0 radical (unpaired) electrons. The van der Waals surface area contributed by atoms with E-state index in [1.54, 1.807) is 18.5 Å². The van der Waals surface area contributed by atoms with Crippen molar-refractivity contribution >= 4 is 32.7 Å². The van der Waals surface area contributed by atoms with Crippen LogP contribution in [0.1, 0.15) is 12.8 Å². The maximum atomic E-state index is 13.2. The van der Waals surface area contributed by atoms with Gasteiger partial charge in [0.15, 0.2) is 0 Å². The fourth-order valence-corrected chi connectivity index (χ4v) is 5.78. The first-order valence-electron chi connectivity index (χ1n) is 10.5. The van der Waals surface area contributed by atoms with E-state index in [2.05, 4.69) is 10.3 Å². The Morgan fingerprint density at radius 2 is 1.73 bits per heavy atom. The van der Waals surface area contributed by atoms with Crippen LogP contribution in [0, 0.1) is 5.82 Å². The summed E-state index contributed by atoms with van der Waals surface area (Å²) in [6.45, 7) is 0.241. The molecule has 1 aromatic heterocycles. The number of aromatic nitrogens is 2. The fourth-order valence-electron chi connectivity index (χ4n) is 4.13. The van der Waals surface area contributed by atoms with E-state index in [0.717, 1.165) is 28.9 Å². The lowest BCUT2D eigenvalue weighted by atomic mass is 10.2. The highest BCUT2D eigenvalue weighted by Gasteiger charge is 2.39. The summed E-state index contributed by atoms with van der Waals surface area (Å²) in [5, 5.41) is 2.83. The third-order valence-electron chi connectivity index (χ3n) is 5.79. The van der Waals surface area contributed by atoms with Crippen molar-refractivity contribution in [2.45, 2.75) is 23.8 Å². The summed E-state index contributed by atoms with van der Waals surface area (Å²) in [5.41, 5.74) is 3.32. The second-order valence-corrected chi connectivity index (χ2v) is 9.76. The molecule has 1 atom stereocenters. The van der Waals surface area contributed by atoms with Gasteiger partial charge in [-0.1, -0.05) is 12.1 Å². The van der Waals surface area contributed by atoms with Crippen LogP contribution in [-0.2, 0) is 14.8 Å². The molecule has 0 bridgehead atoms. The molecule has 0 spiro atoms. The van der Waals surface area contributed by atoms with Crippen LogP contribution in [0.2, 0.25) is 0 Å². The number of rotatable bonds is 5. The largest absolute Gasteiger partial charge is 0.325 e. The van der Waals surface area contributed by atoms with Crippen LogP contribution in [0.5, 0.6) is 0 Å². The number of carbonyl (C=O) groups excluding carboxylic acids is 1. The van der Waals surface area contributed by atoms with E-state index in [1.165, 1.54) is 16.4 Å². The molecule has 0 saturated carbocycles. The smallest absolute Gasteiger partial charge is 0.243 e. The Morgan fingerprint density at radius 1 is 1.00 bits per heavy atom. The van der Waals surface area contributed by atoms with Crippen LogP contribution in [0.25, 0.3) is 16.7 Å². The Morgan fingerprint density at radius 3 is 2.48 bits per heavy atom. The van der Waals surface area contributed by atoms with Crippen LogP contribution in [0.3, 0.4) is 0 Å². The monoisotopic (exact) mass is 464 g/mol. The average Bonchev–Trinajstić information content (AvgIpc) is 3.48. The van der Waals surface area contributed by atoms with Gasteiger partial charge in [0.05, 0.1) is 15.9 Å². The number of benzene rings is 3. The van der Waals surface area contributed by atoms with Gasteiger partial charge < -0.3 is 5.32 Å². The number of carbonyl (C=O) groups is 1. The lowest BCUT2D eigenvalue weighted by molar-refractivity contribution is -0.119. The van der Waals surface area contributed by atoms with E-state index in [0.29, 0.717) is 18.5 Å². The highest BCUT2D eigenvalue weighted by molar-refractivity contribution is 7.89. The van der Waals surface area contributed by atoms with Crippen molar-refractivity contribution in [1.82, 2.24) is 13.9 Å². The molecule has 9 heteroatoms. The standard InChI is InChI=1S/C24H21FN4O3S/c25-17-7-13-20(14-8-17)33(31,32)29-15-3-6-23(29)24(30)27-18-9-11-19(12-10-18)28-16-26-21-4-1-2-5-22(21)28/h1-2,4-5,7-14,16,23H,3,6,15H2,(H,27,30). The van der Waals surface area contributed by atoms with E-state index in [1.807, 2.05) is 41.0 Å². The number of amides is 1. The Labute approximate surface area is 190 Å². The maximum absolute atomic E-state index is 13.2. The molecule has 1 aliphatic heterocycles. The summed E-state index contributed by atoms with van der Waals surface area (Å²) in [6, 6.07) is 18.9. The van der Waals surface area contributed by atoms with E-state index < -0.39 is 21.9 Å². The second kappa shape index (κ2) is 8.42. The number of para-hydroxylation sites is 2. The molecule has 1 N–H and O–H groups in total. The van der Waals surface area contributed by atoms with Gasteiger partial charge in [-0.2, -0.15) is 4.31 Å². The molecule has 1 aliphatic rings. The molecular formula is C24H21FN4O3S. The van der Waals surface area contributed by atoms with E-state index >= 15 is 0 Å². The number of fused-ring (bicyclic) bond motifs is 1. The topological polar surface area (TPSA) is 84.3 Å². The highest BCUT2D eigenvalue weighted by atomic mass is 32.2. The minimum Gasteiger partial charge on any atom is -0.325 e. The van der Waals surface area contributed by atoms with Gasteiger partial charge in [0.1, 0.15) is 18.2 Å². The molecule has 7 nitrogen and oxygen atoms in total. The summed E-state index contributed by atoms with van der Waals surface area (Å²) in [4.78, 5) is 17.3. The van der Waals surface area contributed by atoms with Gasteiger partial charge in [-0.15, -0.1) is 0 Å². The molecule has 0 aliphatic carbocycles. The number of halogens is 1. The molecule has 4 aromatic rings. The minimum absolute atomic E-state index is 0.0273. The summed E-state index contributed by atoms with van der Waals surface area (Å²) in [5.74, 6) is -0.907. The van der Waals surface area contributed by atoms with Crippen LogP contribution in [0.15, 0.2) is 84.0 Å². The number of nitrogens with zero attached hydrogens (tertiary/aromatic N) is 3. The van der Waals surface area contributed by atoms with Gasteiger partial charge in [0, 0.05) is 17.9 Å². The van der Waals surface area contributed by atoms with Gasteiger partial charge in [0.2, 0.25) is 15.9 Å². The Balaban J connectivity index is 1.33. The number of anilines is 1. The molecule has 1 amide bonds. The molecule has 2 heterocycles. The van der Waals surface area contributed by atoms with Crippen molar-refractivity contribution < 1.29 is 17.6 Å². The summed E-state index contributed by atoms with van der Waals surface area (Å²) < 4.78 is 42.4. The zero-order valence-electron chi connectivity index (χ0n) is 17.6. The van der Waals surface area contributed by atoms with Crippen molar-refractivity contribution in [2.24, 2.45) is 0 Å². The Kier molecular flexibility index (Phi) is 5.43. The number of imidazole rings is 1. The summed E-state index contributed by atoms with van der Waals surface area (Å²) in [6.07, 6.45) is 2.74. The third kappa shape index (κ3) is 4.01. The second-order valence-electron chi connectivity index (χ2n) is 7.87. The molecular weight excluding hydrogens is 443 g/mol. The molecule has 1 fully saturated rings. The molecule has 3 aromatic carbocycles. The first-order valence-corrected chi connectivity index (χ1v) is 12.0. The quantitative estimate of drug-likeness (QED) is 0.485. The van der Waals surface area contributed by atoms with Gasteiger partial charge in [-0.3, -0.25) is 9.36 Å². The van der Waals surface area contributed by atoms with Crippen LogP contribution >= 0.6 is 0 Å². The van der Waals surface area contributed by atoms with Crippen molar-refractivity contribution in [2.75, 3.05) is 11.9 Å². The molecule has 168 valence electrons. The molecule has 1 saturated heterocycles. The summed E-state index contributed by atoms with van der Waals surface area (Å²) >= 11 is 0. The number of sulfonamides is 1. The molecule has 33 heavy (non-hydrogen) atoms. The lowest BCUT2D eigenvalue weighted by Gasteiger charge is -2.23. The minimum atomic E-state index is -3.90. The van der Waals surface area contributed by atoms with Crippen LogP contribution < -0.4 is 5.32 Å². The first-order chi connectivity index (χ1) is 15.9. The van der Waals surface area contributed by atoms with Crippen molar-refractivity contribution in [3.05, 3.63) is 84.9 Å². The fraction of sp³-hybridized carbons (Fsp3) is 0.167. The van der Waals surface area contributed by atoms with E-state index in [9.17, 15) is 17.6 Å². The molecule has 1 unspecified atom stereocenters. The van der Waals surface area contributed by atoms with Gasteiger partial charge in [-0.25, -0.2) is 17.8 Å². The number of hydrogen-bond donors (Lipinski definition) is 1. The zero-order valence-corrected chi connectivity index (χ0v) is 18.4. The predicted molar refractivity (Wildman–Crippen MR) is 123 cm³/mol. The Bertz CT molecular complexity index is 1420. The van der Waals surface area contributed by atoms with Crippen molar-refractivity contribution in [3.8, 4) is 5.69 Å². The van der Waals surface area contributed by atoms with Crippen molar-refractivity contribution in [1.29, 1.82) is 0 Å². The SMILES string of the molecule is O=C(Nc1ccc(-n2cnc3ccccc32)cc1)C1CCCN1S(=O)(=O)c1ccc(F)cc1. The lowest BCUT2D eigenvalue weighted by Crippen LogP contribution is -2.43. The van der Waals surface area contributed by atoms with Gasteiger partial charge in [0.25, 0.3) is 0 Å². The highest BCUT2D eigenvalue weighted by Crippen LogP contribution is 2.27. The maximum Gasteiger partial charge on any atom is 0.243 e. The molecule has 5 rings (SSSR count). The van der Waals surface area contributed by atoms with Crippen LogP contribution in [-0.4, -0.2) is 40.8 Å². The zero-order chi connectivity index (χ0) is 23.0. The van der Waals surface area contributed by atoms with Gasteiger partial charge >= 0.3 is 0 Å². The van der Waals surface area contributed by atoms with Crippen LogP contribution in [0.4, 0.5) is 10.1 Å². The van der Waals surface area contributed by atoms with Gasteiger partial charge in [-0.05, 0) is 73.5 Å². The Hall–Kier alpha value is -3.56. The first kappa shape index (κ1) is 21.3. The summed E-state index contributed by atoms with van der Waals surface area (Å²) in [7, 11) is -3.90. The normalized spacial score (nSPS) is 16.8. The van der Waals surface area contributed by atoms with Crippen molar-refractivity contribution in [3.63, 3.8) is 0 Å². The third-order valence-corrected chi connectivity index (χ3v) is 7.72. The average molecular weight is 465 g/mol. The van der Waals surface area contributed by atoms with E-state index in [-0.39, 0.29) is 17.3 Å².